The molecule has 2 saturated heterocycles. The Morgan fingerprint density at radius 2 is 1.70 bits per heavy atom. The molecule has 3 fully saturated rings. The number of carbonyl (C=O) groups is 4. The van der Waals surface area contributed by atoms with Crippen molar-refractivity contribution in [3.63, 3.8) is 0 Å². The Balaban J connectivity index is 1.22. The zero-order chi connectivity index (χ0) is 26.1. The fraction of sp³-hybridized carbons (Fsp3) is 0.593. The van der Waals surface area contributed by atoms with Crippen molar-refractivity contribution in [3.05, 3.63) is 34.2 Å². The molecule has 2 aliphatic heterocycles. The number of nitrogens with zero attached hydrogens (tertiary/aromatic N) is 3. The quantitative estimate of drug-likeness (QED) is 0.486. The van der Waals surface area contributed by atoms with Crippen LogP contribution in [0, 0.1) is 5.92 Å². The Morgan fingerprint density at radius 3 is 2.41 bits per heavy atom. The first-order chi connectivity index (χ1) is 17.8. The summed E-state index contributed by atoms with van der Waals surface area (Å²) in [5.41, 5.74) is 2.20. The van der Waals surface area contributed by atoms with E-state index in [0.29, 0.717) is 25.0 Å². The molecule has 5 rings (SSSR count). The number of carbonyl (C=O) groups excluding carboxylic acids is 4. The molecule has 1 aromatic heterocycles. The zero-order valence-corrected chi connectivity index (χ0v) is 21.2. The summed E-state index contributed by atoms with van der Waals surface area (Å²) in [6, 6.07) is 5.14. The van der Waals surface area contributed by atoms with Crippen LogP contribution in [0.2, 0.25) is 0 Å². The van der Waals surface area contributed by atoms with Gasteiger partial charge in [-0.3, -0.25) is 33.6 Å². The Labute approximate surface area is 214 Å². The summed E-state index contributed by atoms with van der Waals surface area (Å²) >= 11 is 0. The van der Waals surface area contributed by atoms with E-state index in [2.05, 4.69) is 5.32 Å². The number of imidazole rings is 1. The fourth-order valence-corrected chi connectivity index (χ4v) is 6.01. The second kappa shape index (κ2) is 10.5. The summed E-state index contributed by atoms with van der Waals surface area (Å²) in [5, 5.41) is 2.33. The number of amides is 3. The van der Waals surface area contributed by atoms with Crippen LogP contribution in [0.25, 0.3) is 11.0 Å². The van der Waals surface area contributed by atoms with Crippen LogP contribution in [0.5, 0.6) is 0 Å². The largest absolute Gasteiger partial charge is 0.455 e. The molecule has 1 aromatic carbocycles. The van der Waals surface area contributed by atoms with Crippen LogP contribution in [-0.2, 0) is 31.0 Å². The summed E-state index contributed by atoms with van der Waals surface area (Å²) in [4.78, 5) is 63.6. The third kappa shape index (κ3) is 5.06. The Hall–Kier alpha value is -3.43. The second-order valence-electron chi connectivity index (χ2n) is 10.5. The lowest BCUT2D eigenvalue weighted by Crippen LogP contribution is -2.44. The highest BCUT2D eigenvalue weighted by Crippen LogP contribution is 2.31. The first-order valence-corrected chi connectivity index (χ1v) is 13.3. The van der Waals surface area contributed by atoms with Crippen LogP contribution < -0.4 is 11.0 Å². The summed E-state index contributed by atoms with van der Waals surface area (Å²) in [7, 11) is 1.69. The maximum absolute atomic E-state index is 13.0. The average Bonchev–Trinajstić information content (AvgIpc) is 3.16. The van der Waals surface area contributed by atoms with E-state index in [1.54, 1.807) is 16.5 Å². The highest BCUT2D eigenvalue weighted by atomic mass is 16.5. The Morgan fingerprint density at radius 1 is 0.973 bits per heavy atom. The number of imide groups is 1. The minimum atomic E-state index is -0.707. The van der Waals surface area contributed by atoms with E-state index in [1.165, 1.54) is 4.57 Å². The van der Waals surface area contributed by atoms with Crippen molar-refractivity contribution in [3.8, 4) is 0 Å². The monoisotopic (exact) mass is 510 g/mol. The minimum absolute atomic E-state index is 0.0666. The molecule has 3 amide bonds. The van der Waals surface area contributed by atoms with Gasteiger partial charge >= 0.3 is 11.7 Å². The van der Waals surface area contributed by atoms with Gasteiger partial charge in [0, 0.05) is 26.6 Å². The molecule has 1 atom stereocenters. The number of piperidine rings is 2. The molecule has 1 unspecified atom stereocenters. The van der Waals surface area contributed by atoms with E-state index >= 15 is 0 Å². The fourth-order valence-electron chi connectivity index (χ4n) is 6.01. The van der Waals surface area contributed by atoms with Crippen molar-refractivity contribution in [1.82, 2.24) is 19.4 Å². The lowest BCUT2D eigenvalue weighted by molar-refractivity contribution is -0.156. The molecule has 1 saturated carbocycles. The van der Waals surface area contributed by atoms with Gasteiger partial charge in [0.1, 0.15) is 6.04 Å². The molecule has 37 heavy (non-hydrogen) atoms. The smallest absolute Gasteiger partial charge is 0.329 e. The van der Waals surface area contributed by atoms with Crippen LogP contribution in [0.15, 0.2) is 23.0 Å². The number of esters is 1. The van der Waals surface area contributed by atoms with Gasteiger partial charge in [-0.1, -0.05) is 25.3 Å². The van der Waals surface area contributed by atoms with Gasteiger partial charge in [0.25, 0.3) is 5.91 Å². The van der Waals surface area contributed by atoms with Crippen molar-refractivity contribution in [2.24, 2.45) is 13.0 Å². The third-order valence-electron chi connectivity index (χ3n) is 8.23. The number of rotatable bonds is 5. The van der Waals surface area contributed by atoms with Gasteiger partial charge in [0.2, 0.25) is 11.8 Å². The summed E-state index contributed by atoms with van der Waals surface area (Å²) in [6.07, 6.45) is 7.00. The molecule has 2 aromatic rings. The lowest BCUT2D eigenvalue weighted by Gasteiger charge is -2.32. The molecule has 0 spiro atoms. The molecule has 0 radical (unpaired) electrons. The lowest BCUT2D eigenvalue weighted by atomic mass is 9.89. The Bertz CT molecular complexity index is 1280. The maximum atomic E-state index is 13.0. The SMILES string of the molecule is Cn1c(=O)n(C2CCC(=O)NC2=O)c2ccc(C3CCN(C(=O)COC(=O)C4CCCCC4)CC3)cc21. The molecule has 1 N–H and O–H groups in total. The van der Waals surface area contributed by atoms with Crippen LogP contribution in [0.1, 0.15) is 75.3 Å². The number of likely N-dealkylation sites (tertiary alicyclic amines) is 1. The number of aromatic nitrogens is 2. The van der Waals surface area contributed by atoms with Crippen molar-refractivity contribution in [2.45, 2.75) is 69.7 Å². The first kappa shape index (κ1) is 25.2. The average molecular weight is 511 g/mol. The van der Waals surface area contributed by atoms with Crippen molar-refractivity contribution >= 4 is 34.7 Å². The molecular weight excluding hydrogens is 476 g/mol. The minimum Gasteiger partial charge on any atom is -0.455 e. The van der Waals surface area contributed by atoms with E-state index in [4.69, 9.17) is 4.74 Å². The summed E-state index contributed by atoms with van der Waals surface area (Å²) in [5.74, 6) is -0.997. The number of hydrogen-bond acceptors (Lipinski definition) is 6. The van der Waals surface area contributed by atoms with Gasteiger partial charge in [0.05, 0.1) is 17.0 Å². The van der Waals surface area contributed by atoms with E-state index in [9.17, 15) is 24.0 Å². The van der Waals surface area contributed by atoms with Crippen LogP contribution in [-0.4, -0.2) is 57.4 Å². The van der Waals surface area contributed by atoms with Crippen molar-refractivity contribution in [1.29, 1.82) is 0 Å². The van der Waals surface area contributed by atoms with Gasteiger partial charge in [-0.25, -0.2) is 4.79 Å². The second-order valence-corrected chi connectivity index (χ2v) is 10.5. The van der Waals surface area contributed by atoms with E-state index in [0.717, 1.165) is 56.0 Å². The van der Waals surface area contributed by atoms with Gasteiger partial charge in [-0.15, -0.1) is 0 Å². The normalized spacial score (nSPS) is 21.8. The van der Waals surface area contributed by atoms with Crippen LogP contribution >= 0.6 is 0 Å². The predicted molar refractivity (Wildman–Crippen MR) is 135 cm³/mol. The molecule has 1 aliphatic carbocycles. The number of nitrogens with one attached hydrogen (secondary N) is 1. The van der Waals surface area contributed by atoms with Crippen molar-refractivity contribution in [2.75, 3.05) is 19.7 Å². The molecular formula is C27H34N4O6. The number of benzene rings is 1. The molecule has 0 bridgehead atoms. The van der Waals surface area contributed by atoms with Crippen molar-refractivity contribution < 1.29 is 23.9 Å². The number of hydrogen-bond donors (Lipinski definition) is 1. The van der Waals surface area contributed by atoms with Gasteiger partial charge in [-0.05, 0) is 55.7 Å². The maximum Gasteiger partial charge on any atom is 0.329 e. The van der Waals surface area contributed by atoms with Gasteiger partial charge in [0.15, 0.2) is 6.61 Å². The number of fused-ring (bicyclic) bond motifs is 1. The van der Waals surface area contributed by atoms with Gasteiger partial charge < -0.3 is 9.64 Å². The van der Waals surface area contributed by atoms with Gasteiger partial charge in [-0.2, -0.15) is 0 Å². The highest BCUT2D eigenvalue weighted by molar-refractivity contribution is 6.00. The topological polar surface area (TPSA) is 120 Å². The van der Waals surface area contributed by atoms with E-state index in [-0.39, 0.29) is 48.3 Å². The van der Waals surface area contributed by atoms with Crippen LogP contribution in [0.3, 0.4) is 0 Å². The Kier molecular flexibility index (Phi) is 7.17. The zero-order valence-electron chi connectivity index (χ0n) is 21.2. The molecule has 10 nitrogen and oxygen atoms in total. The number of aryl methyl sites for hydroxylation is 1. The van der Waals surface area contributed by atoms with E-state index < -0.39 is 11.9 Å². The summed E-state index contributed by atoms with van der Waals surface area (Å²) < 4.78 is 8.36. The summed E-state index contributed by atoms with van der Waals surface area (Å²) in [6.45, 7) is 0.972. The molecule has 10 heteroatoms. The van der Waals surface area contributed by atoms with E-state index in [1.807, 2.05) is 18.2 Å². The molecule has 3 aliphatic rings. The highest BCUT2D eigenvalue weighted by Gasteiger charge is 2.32. The number of ether oxygens (including phenoxy) is 1. The predicted octanol–water partition coefficient (Wildman–Crippen LogP) is 2.15. The van der Waals surface area contributed by atoms with Crippen LogP contribution in [0.4, 0.5) is 0 Å². The standard InChI is InChI=1S/C27H34N4O6/c1-29-22-15-19(7-8-20(22)31(27(29)36)21-9-10-23(32)28-25(21)34)17-11-13-30(14-12-17)24(33)16-37-26(35)18-5-3-2-4-6-18/h7-8,15,17-18,21H,2-6,9-14,16H2,1H3,(H,28,32,34). The first-order valence-electron chi connectivity index (χ1n) is 13.3. The third-order valence-corrected chi connectivity index (χ3v) is 8.23. The molecule has 3 heterocycles. The molecule has 198 valence electrons.